The second kappa shape index (κ2) is 8.39. The van der Waals surface area contributed by atoms with Crippen LogP contribution in [-0.2, 0) is 6.54 Å². The maximum atomic E-state index is 13.4. The molecular formula is C21H26N6O3. The molecule has 0 saturated carbocycles. The highest BCUT2D eigenvalue weighted by molar-refractivity contribution is 6.28. The van der Waals surface area contributed by atoms with Gasteiger partial charge in [0.15, 0.2) is 5.78 Å². The van der Waals surface area contributed by atoms with Crippen molar-refractivity contribution in [3.63, 3.8) is 0 Å². The first kappa shape index (κ1) is 20.3. The summed E-state index contributed by atoms with van der Waals surface area (Å²) in [5.74, 6) is -0.369. The van der Waals surface area contributed by atoms with E-state index in [1.165, 1.54) is 6.20 Å². The Morgan fingerprint density at radius 2 is 1.97 bits per heavy atom. The first-order valence-corrected chi connectivity index (χ1v) is 9.98. The molecule has 9 heteroatoms. The zero-order valence-electron chi connectivity index (χ0n) is 17.1. The SMILES string of the molecule is CN(C)CCNc1ccc2c3c(nn2CCNCCO)-c2cncc(O)c2C(=O)c13. The van der Waals surface area contributed by atoms with Crippen molar-refractivity contribution in [2.45, 2.75) is 6.54 Å². The molecule has 0 atom stereocenters. The fourth-order valence-electron chi connectivity index (χ4n) is 3.81. The lowest BCUT2D eigenvalue weighted by Gasteiger charge is -2.19. The van der Waals surface area contributed by atoms with Crippen molar-refractivity contribution in [2.24, 2.45) is 0 Å². The van der Waals surface area contributed by atoms with Gasteiger partial charge in [0.2, 0.25) is 0 Å². The van der Waals surface area contributed by atoms with Crippen molar-refractivity contribution in [3.05, 3.63) is 35.7 Å². The van der Waals surface area contributed by atoms with Crippen molar-refractivity contribution in [2.75, 3.05) is 52.2 Å². The molecule has 0 saturated heterocycles. The summed E-state index contributed by atoms with van der Waals surface area (Å²) in [6.45, 7) is 3.30. The molecule has 3 aromatic rings. The third kappa shape index (κ3) is 3.51. The Morgan fingerprint density at radius 3 is 2.73 bits per heavy atom. The summed E-state index contributed by atoms with van der Waals surface area (Å²) in [5.41, 5.74) is 3.55. The van der Waals surface area contributed by atoms with Crippen LogP contribution in [0.1, 0.15) is 15.9 Å². The van der Waals surface area contributed by atoms with E-state index in [9.17, 15) is 9.90 Å². The Bertz CT molecular complexity index is 1090. The molecule has 0 bridgehead atoms. The van der Waals surface area contributed by atoms with Gasteiger partial charge in [0.25, 0.3) is 0 Å². The van der Waals surface area contributed by atoms with Gasteiger partial charge in [-0.05, 0) is 26.2 Å². The van der Waals surface area contributed by atoms with E-state index in [1.54, 1.807) is 6.20 Å². The number of fused-ring (bicyclic) bond motifs is 2. The van der Waals surface area contributed by atoms with Gasteiger partial charge in [-0.3, -0.25) is 14.5 Å². The molecule has 0 unspecified atom stereocenters. The zero-order chi connectivity index (χ0) is 21.3. The highest BCUT2D eigenvalue weighted by atomic mass is 16.3. The van der Waals surface area contributed by atoms with Crippen molar-refractivity contribution < 1.29 is 15.0 Å². The Morgan fingerprint density at radius 1 is 1.13 bits per heavy atom. The molecule has 1 aliphatic rings. The Hall–Kier alpha value is -3.01. The summed E-state index contributed by atoms with van der Waals surface area (Å²) in [5, 5.41) is 31.4. The molecular weight excluding hydrogens is 384 g/mol. The summed E-state index contributed by atoms with van der Waals surface area (Å²) in [6.07, 6.45) is 2.87. The van der Waals surface area contributed by atoms with Crippen LogP contribution in [-0.4, -0.2) is 82.5 Å². The number of ketones is 1. The van der Waals surface area contributed by atoms with Crippen LogP contribution in [0.25, 0.3) is 22.2 Å². The molecule has 4 rings (SSSR count). The number of pyridine rings is 1. The lowest BCUT2D eigenvalue weighted by molar-refractivity contribution is 0.103. The minimum atomic E-state index is -0.228. The number of benzene rings is 1. The van der Waals surface area contributed by atoms with Crippen molar-refractivity contribution in [3.8, 4) is 17.0 Å². The minimum Gasteiger partial charge on any atom is -0.506 e. The number of anilines is 1. The number of aliphatic hydroxyl groups is 1. The number of nitrogens with zero attached hydrogens (tertiary/aromatic N) is 4. The Kier molecular flexibility index (Phi) is 5.67. The van der Waals surface area contributed by atoms with Crippen molar-refractivity contribution >= 4 is 22.4 Å². The van der Waals surface area contributed by atoms with Gasteiger partial charge in [-0.15, -0.1) is 0 Å². The molecule has 0 aliphatic heterocycles. The largest absolute Gasteiger partial charge is 0.506 e. The number of carbonyl (C=O) groups excluding carboxylic acids is 1. The number of aliphatic hydroxyl groups excluding tert-OH is 1. The van der Waals surface area contributed by atoms with Crippen LogP contribution < -0.4 is 10.6 Å². The molecule has 9 nitrogen and oxygen atoms in total. The molecule has 2 aromatic heterocycles. The van der Waals surface area contributed by atoms with Gasteiger partial charge in [0.05, 0.1) is 36.0 Å². The van der Waals surface area contributed by atoms with E-state index in [-0.39, 0.29) is 23.7 Å². The topological polar surface area (TPSA) is 116 Å². The van der Waals surface area contributed by atoms with E-state index in [4.69, 9.17) is 10.2 Å². The molecule has 1 aromatic carbocycles. The van der Waals surface area contributed by atoms with Gasteiger partial charge in [0, 0.05) is 49.0 Å². The minimum absolute atomic E-state index is 0.0735. The number of nitrogens with one attached hydrogen (secondary N) is 2. The molecule has 0 spiro atoms. The molecule has 158 valence electrons. The van der Waals surface area contributed by atoms with Crippen LogP contribution >= 0.6 is 0 Å². The van der Waals surface area contributed by atoms with Crippen LogP contribution in [0, 0.1) is 0 Å². The highest BCUT2D eigenvalue weighted by Crippen LogP contribution is 2.43. The lowest BCUT2D eigenvalue weighted by atomic mass is 9.87. The Labute approximate surface area is 174 Å². The van der Waals surface area contributed by atoms with Crippen LogP contribution in [0.4, 0.5) is 5.69 Å². The van der Waals surface area contributed by atoms with Crippen molar-refractivity contribution in [1.82, 2.24) is 25.0 Å². The standard InChI is InChI=1S/C21H26N6O3/c1-26(2)8-6-24-14-3-4-15-19-18(14)21(30)17-13(11-23-12-16(17)29)20(19)25-27(15)9-5-22-7-10-28/h3-4,11-12,22,24,28-29H,5-10H2,1-2H3. The predicted octanol–water partition coefficient (Wildman–Crippen LogP) is 0.904. The molecule has 0 radical (unpaired) electrons. The number of carbonyl (C=O) groups is 1. The van der Waals surface area contributed by atoms with E-state index >= 15 is 0 Å². The average molecular weight is 410 g/mol. The molecule has 1 aliphatic carbocycles. The molecule has 4 N–H and O–H groups in total. The van der Waals surface area contributed by atoms with E-state index in [2.05, 4.69) is 20.5 Å². The summed E-state index contributed by atoms with van der Waals surface area (Å²) in [7, 11) is 3.99. The van der Waals surface area contributed by atoms with Gasteiger partial charge in [-0.2, -0.15) is 5.10 Å². The maximum Gasteiger partial charge on any atom is 0.200 e. The zero-order valence-corrected chi connectivity index (χ0v) is 17.1. The van der Waals surface area contributed by atoms with Gasteiger partial charge >= 0.3 is 0 Å². The van der Waals surface area contributed by atoms with Crippen LogP contribution in [0.15, 0.2) is 24.5 Å². The van der Waals surface area contributed by atoms with Crippen molar-refractivity contribution in [1.29, 1.82) is 0 Å². The van der Waals surface area contributed by atoms with E-state index < -0.39 is 0 Å². The first-order valence-electron chi connectivity index (χ1n) is 9.98. The van der Waals surface area contributed by atoms with Gasteiger partial charge in [-0.25, -0.2) is 0 Å². The maximum absolute atomic E-state index is 13.4. The molecule has 30 heavy (non-hydrogen) atoms. The molecule has 2 heterocycles. The monoisotopic (exact) mass is 410 g/mol. The van der Waals surface area contributed by atoms with Crippen LogP contribution in [0.3, 0.4) is 0 Å². The summed E-state index contributed by atoms with van der Waals surface area (Å²) >= 11 is 0. The van der Waals surface area contributed by atoms with Gasteiger partial charge < -0.3 is 25.7 Å². The van der Waals surface area contributed by atoms with E-state index in [1.807, 2.05) is 30.9 Å². The van der Waals surface area contributed by atoms with Gasteiger partial charge in [0.1, 0.15) is 11.4 Å². The van der Waals surface area contributed by atoms with Crippen LogP contribution in [0.5, 0.6) is 5.75 Å². The number of hydrogen-bond acceptors (Lipinski definition) is 8. The molecule has 0 fully saturated rings. The Balaban J connectivity index is 1.83. The third-order valence-electron chi connectivity index (χ3n) is 5.22. The number of aromatic hydroxyl groups is 1. The smallest absolute Gasteiger partial charge is 0.200 e. The van der Waals surface area contributed by atoms with Gasteiger partial charge in [-0.1, -0.05) is 0 Å². The second-order valence-electron chi connectivity index (χ2n) is 7.57. The molecule has 0 amide bonds. The first-order chi connectivity index (χ1) is 14.5. The summed E-state index contributed by atoms with van der Waals surface area (Å²) < 4.78 is 1.86. The summed E-state index contributed by atoms with van der Waals surface area (Å²) in [4.78, 5) is 19.6. The van der Waals surface area contributed by atoms with E-state index in [0.29, 0.717) is 43.0 Å². The third-order valence-corrected chi connectivity index (χ3v) is 5.22. The quantitative estimate of drug-likeness (QED) is 0.301. The predicted molar refractivity (Wildman–Crippen MR) is 115 cm³/mol. The average Bonchev–Trinajstić information content (AvgIpc) is 3.08. The fourth-order valence-corrected chi connectivity index (χ4v) is 3.81. The normalized spacial score (nSPS) is 12.6. The summed E-state index contributed by atoms with van der Waals surface area (Å²) in [6, 6.07) is 3.87. The highest BCUT2D eigenvalue weighted by Gasteiger charge is 2.33. The number of rotatable bonds is 9. The number of hydrogen-bond donors (Lipinski definition) is 4. The number of likely N-dealkylation sites (N-methyl/N-ethyl adjacent to an activating group) is 1. The fraction of sp³-hybridized carbons (Fsp3) is 0.381. The second-order valence-corrected chi connectivity index (χ2v) is 7.57. The van der Waals surface area contributed by atoms with Crippen LogP contribution in [0.2, 0.25) is 0 Å². The number of aromatic nitrogens is 3. The lowest BCUT2D eigenvalue weighted by Crippen LogP contribution is -2.23. The van der Waals surface area contributed by atoms with E-state index in [0.717, 1.165) is 23.1 Å².